The zero-order valence-corrected chi connectivity index (χ0v) is 13.9. The van der Waals surface area contributed by atoms with Crippen LogP contribution in [0.2, 0.25) is 0 Å². The maximum Gasteiger partial charge on any atom is 0.0249 e. The van der Waals surface area contributed by atoms with Gasteiger partial charge in [-0.2, -0.15) is 0 Å². The molecule has 0 spiro atoms. The van der Waals surface area contributed by atoms with Gasteiger partial charge >= 0.3 is 0 Å². The minimum atomic E-state index is 0.683. The Labute approximate surface area is 121 Å². The molecule has 2 heteroatoms. The molecule has 0 radical (unpaired) electrons. The molecule has 4 atom stereocenters. The summed E-state index contributed by atoms with van der Waals surface area (Å²) < 4.78 is 0. The average Bonchev–Trinajstić information content (AvgIpc) is 2.41. The summed E-state index contributed by atoms with van der Waals surface area (Å²) in [6.07, 6.45) is 7.91. The van der Waals surface area contributed by atoms with Crippen LogP contribution in [-0.2, 0) is 0 Å². The summed E-state index contributed by atoms with van der Waals surface area (Å²) in [4.78, 5) is 2.80. The van der Waals surface area contributed by atoms with E-state index in [1.807, 2.05) is 0 Å². The van der Waals surface area contributed by atoms with Crippen LogP contribution in [0.25, 0.3) is 0 Å². The fraction of sp³-hybridized carbons (Fsp3) is 1.00. The molecule has 0 aromatic heterocycles. The molecule has 114 valence electrons. The van der Waals surface area contributed by atoms with Crippen LogP contribution in [0.1, 0.15) is 73.1 Å². The fourth-order valence-electron chi connectivity index (χ4n) is 3.66. The van der Waals surface area contributed by atoms with Gasteiger partial charge in [0.1, 0.15) is 0 Å². The van der Waals surface area contributed by atoms with E-state index in [2.05, 4.69) is 44.8 Å². The number of nitrogens with one attached hydrogen (secondary N) is 1. The van der Waals surface area contributed by atoms with Crippen molar-refractivity contribution in [2.24, 2.45) is 5.92 Å². The van der Waals surface area contributed by atoms with Crippen molar-refractivity contribution in [1.29, 1.82) is 0 Å². The molecule has 1 saturated heterocycles. The van der Waals surface area contributed by atoms with Gasteiger partial charge in [-0.3, -0.25) is 4.90 Å². The maximum absolute atomic E-state index is 3.81. The molecule has 0 saturated carbocycles. The van der Waals surface area contributed by atoms with Crippen molar-refractivity contribution in [2.45, 2.75) is 91.3 Å². The van der Waals surface area contributed by atoms with Gasteiger partial charge < -0.3 is 5.32 Å². The Hall–Kier alpha value is -0.0800. The number of piperidine rings is 1. The van der Waals surface area contributed by atoms with Crippen LogP contribution < -0.4 is 5.32 Å². The summed E-state index contributed by atoms with van der Waals surface area (Å²) in [7, 11) is 0. The van der Waals surface area contributed by atoms with E-state index in [-0.39, 0.29) is 0 Å². The van der Waals surface area contributed by atoms with E-state index in [0.29, 0.717) is 6.04 Å². The Morgan fingerprint density at radius 1 is 1.16 bits per heavy atom. The summed E-state index contributed by atoms with van der Waals surface area (Å²) in [5, 5.41) is 3.81. The van der Waals surface area contributed by atoms with Crippen molar-refractivity contribution in [3.63, 3.8) is 0 Å². The second kappa shape index (κ2) is 8.97. The Kier molecular flexibility index (Phi) is 8.01. The molecule has 0 aromatic carbocycles. The maximum atomic E-state index is 3.81. The lowest BCUT2D eigenvalue weighted by Gasteiger charge is -2.45. The molecule has 4 unspecified atom stereocenters. The highest BCUT2D eigenvalue weighted by Crippen LogP contribution is 2.27. The van der Waals surface area contributed by atoms with Gasteiger partial charge in [0.2, 0.25) is 0 Å². The van der Waals surface area contributed by atoms with Crippen LogP contribution in [0.4, 0.5) is 0 Å². The van der Waals surface area contributed by atoms with Gasteiger partial charge in [-0.15, -0.1) is 0 Å². The minimum absolute atomic E-state index is 0.683. The van der Waals surface area contributed by atoms with Gasteiger partial charge in [-0.05, 0) is 58.0 Å². The smallest absolute Gasteiger partial charge is 0.0249 e. The highest BCUT2D eigenvalue weighted by atomic mass is 15.2. The highest BCUT2D eigenvalue weighted by Gasteiger charge is 2.32. The zero-order chi connectivity index (χ0) is 14.3. The molecule has 1 N–H and O–H groups in total. The summed E-state index contributed by atoms with van der Waals surface area (Å²) in [6.45, 7) is 14.3. The van der Waals surface area contributed by atoms with E-state index >= 15 is 0 Å². The zero-order valence-electron chi connectivity index (χ0n) is 13.9. The van der Waals surface area contributed by atoms with Crippen molar-refractivity contribution in [2.75, 3.05) is 13.1 Å². The third-order valence-corrected chi connectivity index (χ3v) is 4.99. The van der Waals surface area contributed by atoms with E-state index in [1.54, 1.807) is 0 Å². The molecule has 0 bridgehead atoms. The highest BCUT2D eigenvalue weighted by molar-refractivity contribution is 4.90. The predicted molar refractivity (Wildman–Crippen MR) is 85.6 cm³/mol. The Morgan fingerprint density at radius 2 is 1.89 bits per heavy atom. The number of hydrogen-bond donors (Lipinski definition) is 1. The quantitative estimate of drug-likeness (QED) is 0.714. The van der Waals surface area contributed by atoms with E-state index in [9.17, 15) is 0 Å². The number of likely N-dealkylation sites (tertiary alicyclic amines) is 1. The molecular weight excluding hydrogens is 232 g/mol. The number of hydrogen-bond acceptors (Lipinski definition) is 2. The first kappa shape index (κ1) is 17.0. The van der Waals surface area contributed by atoms with Crippen LogP contribution in [0.5, 0.6) is 0 Å². The Bertz CT molecular complexity index is 229. The van der Waals surface area contributed by atoms with Crippen molar-refractivity contribution >= 4 is 0 Å². The normalized spacial score (nSPS) is 28.3. The lowest BCUT2D eigenvalue weighted by Crippen LogP contribution is -2.56. The lowest BCUT2D eigenvalue weighted by molar-refractivity contribution is 0.0456. The standard InChI is InChI=1S/C17H36N2/c1-6-10-16(18-12-7-2)17(8-3)19-13-9-11-14(4)15(19)5/h14-18H,6-13H2,1-5H3. The summed E-state index contributed by atoms with van der Waals surface area (Å²) in [5.41, 5.74) is 0. The van der Waals surface area contributed by atoms with E-state index < -0.39 is 0 Å². The molecule has 2 nitrogen and oxygen atoms in total. The lowest BCUT2D eigenvalue weighted by atomic mass is 9.88. The molecular formula is C17H36N2. The third-order valence-electron chi connectivity index (χ3n) is 4.99. The topological polar surface area (TPSA) is 15.3 Å². The molecule has 0 aliphatic carbocycles. The molecule has 1 fully saturated rings. The van der Waals surface area contributed by atoms with Crippen molar-refractivity contribution < 1.29 is 0 Å². The second-order valence-electron chi connectivity index (χ2n) is 6.42. The second-order valence-corrected chi connectivity index (χ2v) is 6.42. The molecule has 1 rings (SSSR count). The Balaban J connectivity index is 2.70. The summed E-state index contributed by atoms with van der Waals surface area (Å²) >= 11 is 0. The largest absolute Gasteiger partial charge is 0.312 e. The predicted octanol–water partition coefficient (Wildman–Crippen LogP) is 4.05. The fourth-order valence-corrected chi connectivity index (χ4v) is 3.66. The van der Waals surface area contributed by atoms with Gasteiger partial charge in [-0.25, -0.2) is 0 Å². The number of nitrogens with zero attached hydrogens (tertiary/aromatic N) is 1. The molecule has 19 heavy (non-hydrogen) atoms. The average molecular weight is 268 g/mol. The van der Waals surface area contributed by atoms with Crippen LogP contribution in [0.15, 0.2) is 0 Å². The van der Waals surface area contributed by atoms with Gasteiger partial charge in [0, 0.05) is 18.1 Å². The van der Waals surface area contributed by atoms with Gasteiger partial charge in [0.25, 0.3) is 0 Å². The van der Waals surface area contributed by atoms with Crippen LogP contribution in [0, 0.1) is 5.92 Å². The summed E-state index contributed by atoms with van der Waals surface area (Å²) in [6, 6.07) is 2.16. The van der Waals surface area contributed by atoms with E-state index in [1.165, 1.54) is 51.6 Å². The molecule has 0 amide bonds. The minimum Gasteiger partial charge on any atom is -0.312 e. The van der Waals surface area contributed by atoms with Crippen LogP contribution in [0.3, 0.4) is 0 Å². The molecule has 1 aliphatic heterocycles. The Morgan fingerprint density at radius 3 is 2.47 bits per heavy atom. The molecule has 0 aromatic rings. The first-order valence-corrected chi connectivity index (χ1v) is 8.64. The molecule has 1 aliphatic rings. The number of rotatable bonds is 8. The monoisotopic (exact) mass is 268 g/mol. The van der Waals surface area contributed by atoms with Crippen molar-refractivity contribution in [3.05, 3.63) is 0 Å². The van der Waals surface area contributed by atoms with Gasteiger partial charge in [0.15, 0.2) is 0 Å². The van der Waals surface area contributed by atoms with E-state index in [0.717, 1.165) is 18.0 Å². The first-order valence-electron chi connectivity index (χ1n) is 8.64. The summed E-state index contributed by atoms with van der Waals surface area (Å²) in [5.74, 6) is 0.858. The SMILES string of the molecule is CCCNC(CCC)C(CC)N1CCCC(C)C1C. The van der Waals surface area contributed by atoms with Crippen LogP contribution in [-0.4, -0.2) is 36.1 Å². The van der Waals surface area contributed by atoms with Gasteiger partial charge in [0.05, 0.1) is 0 Å². The van der Waals surface area contributed by atoms with Gasteiger partial charge in [-0.1, -0.05) is 34.1 Å². The third kappa shape index (κ3) is 4.75. The first-order chi connectivity index (χ1) is 9.15. The van der Waals surface area contributed by atoms with E-state index in [4.69, 9.17) is 0 Å². The van der Waals surface area contributed by atoms with Crippen LogP contribution >= 0.6 is 0 Å². The molecule has 1 heterocycles. The van der Waals surface area contributed by atoms with Crippen molar-refractivity contribution in [3.8, 4) is 0 Å². The van der Waals surface area contributed by atoms with Crippen molar-refractivity contribution in [1.82, 2.24) is 10.2 Å².